The lowest BCUT2D eigenvalue weighted by Gasteiger charge is -2.14. The van der Waals surface area contributed by atoms with Crippen LogP contribution in [0, 0.1) is 0 Å². The first-order valence-corrected chi connectivity index (χ1v) is 8.16. The van der Waals surface area contributed by atoms with Gasteiger partial charge in [0.25, 0.3) is 0 Å². The Labute approximate surface area is 166 Å². The molecule has 0 saturated heterocycles. The van der Waals surface area contributed by atoms with Gasteiger partial charge in [-0.2, -0.15) is 0 Å². The Balaban J connectivity index is 0.00000280. The molecule has 0 bridgehead atoms. The van der Waals surface area contributed by atoms with E-state index in [4.69, 9.17) is 10.5 Å². The Morgan fingerprint density at radius 1 is 0.929 bits per heavy atom. The van der Waals surface area contributed by atoms with Crippen LogP contribution < -0.4 is 15.2 Å². The van der Waals surface area contributed by atoms with E-state index in [1.54, 1.807) is 18.2 Å². The number of halogens is 4. The van der Waals surface area contributed by atoms with Crippen molar-refractivity contribution in [2.24, 2.45) is 5.73 Å². The van der Waals surface area contributed by atoms with Crippen molar-refractivity contribution in [2.45, 2.75) is 19.5 Å². The number of benzene rings is 2. The molecule has 0 saturated carbocycles. The van der Waals surface area contributed by atoms with Crippen LogP contribution in [0.15, 0.2) is 66.9 Å². The van der Waals surface area contributed by atoms with Gasteiger partial charge < -0.3 is 15.2 Å². The smallest absolute Gasteiger partial charge is 0.473 e. The summed E-state index contributed by atoms with van der Waals surface area (Å²) in [7, 11) is 0. The van der Waals surface area contributed by atoms with Gasteiger partial charge in [0.2, 0.25) is 5.88 Å². The second-order valence-corrected chi connectivity index (χ2v) is 5.74. The van der Waals surface area contributed by atoms with Crippen LogP contribution in [-0.4, -0.2) is 11.3 Å². The molecule has 4 nitrogen and oxygen atoms in total. The lowest BCUT2D eigenvalue weighted by Crippen LogP contribution is -2.17. The molecule has 0 aliphatic carbocycles. The molecule has 3 rings (SSSR count). The third-order valence-electron chi connectivity index (χ3n) is 3.78. The van der Waals surface area contributed by atoms with E-state index in [0.29, 0.717) is 23.6 Å². The minimum Gasteiger partial charge on any atom is -0.473 e. The maximum Gasteiger partial charge on any atom is 0.573 e. The Bertz CT molecular complexity index is 888. The zero-order valence-corrected chi connectivity index (χ0v) is 15.5. The molecule has 0 aliphatic rings. The molecule has 2 N–H and O–H groups in total. The predicted molar refractivity (Wildman–Crippen MR) is 102 cm³/mol. The SMILES string of the molecule is Cl.NCc1ccc(OC(F)(F)F)c(-c2ccc(OCc3ccccc3)nc2)c1. The van der Waals surface area contributed by atoms with Gasteiger partial charge in [-0.15, -0.1) is 25.6 Å². The van der Waals surface area contributed by atoms with Crippen LogP contribution in [0.3, 0.4) is 0 Å². The van der Waals surface area contributed by atoms with Gasteiger partial charge in [0.05, 0.1) is 0 Å². The maximum absolute atomic E-state index is 12.7. The van der Waals surface area contributed by atoms with Crippen molar-refractivity contribution in [1.29, 1.82) is 0 Å². The van der Waals surface area contributed by atoms with Crippen molar-refractivity contribution < 1.29 is 22.6 Å². The number of aromatic nitrogens is 1. The molecule has 148 valence electrons. The average Bonchev–Trinajstić information content (AvgIpc) is 2.67. The lowest BCUT2D eigenvalue weighted by molar-refractivity contribution is -0.274. The van der Waals surface area contributed by atoms with Gasteiger partial charge in [-0.1, -0.05) is 36.4 Å². The monoisotopic (exact) mass is 410 g/mol. The van der Waals surface area contributed by atoms with Crippen LogP contribution in [0.4, 0.5) is 13.2 Å². The molecular weight excluding hydrogens is 393 g/mol. The van der Waals surface area contributed by atoms with Crippen molar-refractivity contribution in [3.05, 3.63) is 78.0 Å². The van der Waals surface area contributed by atoms with Gasteiger partial charge in [-0.05, 0) is 29.3 Å². The molecule has 0 atom stereocenters. The van der Waals surface area contributed by atoms with E-state index in [1.807, 2.05) is 30.3 Å². The summed E-state index contributed by atoms with van der Waals surface area (Å²) in [5.74, 6) is 0.0651. The molecular formula is C20H18ClF3N2O2. The fourth-order valence-electron chi connectivity index (χ4n) is 2.50. The third kappa shape index (κ3) is 5.87. The molecule has 0 aliphatic heterocycles. The number of hydrogen-bond donors (Lipinski definition) is 1. The molecule has 1 heterocycles. The molecule has 0 radical (unpaired) electrons. The molecule has 0 unspecified atom stereocenters. The van der Waals surface area contributed by atoms with E-state index in [9.17, 15) is 13.2 Å². The topological polar surface area (TPSA) is 57.4 Å². The maximum atomic E-state index is 12.7. The summed E-state index contributed by atoms with van der Waals surface area (Å²) in [5.41, 5.74) is 8.00. The van der Waals surface area contributed by atoms with Crippen LogP contribution in [0.25, 0.3) is 11.1 Å². The van der Waals surface area contributed by atoms with Crippen LogP contribution in [0.2, 0.25) is 0 Å². The molecule has 8 heteroatoms. The first-order chi connectivity index (χ1) is 12.9. The average molecular weight is 411 g/mol. The highest BCUT2D eigenvalue weighted by atomic mass is 35.5. The zero-order chi connectivity index (χ0) is 19.3. The Morgan fingerprint density at radius 2 is 1.68 bits per heavy atom. The number of alkyl halides is 3. The largest absolute Gasteiger partial charge is 0.573 e. The summed E-state index contributed by atoms with van der Waals surface area (Å²) in [6, 6.07) is 17.1. The minimum absolute atomic E-state index is 0. The van der Waals surface area contributed by atoms with Crippen molar-refractivity contribution >= 4 is 12.4 Å². The van der Waals surface area contributed by atoms with Gasteiger partial charge >= 0.3 is 6.36 Å². The standard InChI is InChI=1S/C20H17F3N2O2.ClH/c21-20(22,23)27-18-8-6-15(11-24)10-17(18)16-7-9-19(25-12-16)26-13-14-4-2-1-3-5-14;/h1-10,12H,11,13,24H2;1H. The number of rotatable bonds is 6. The lowest BCUT2D eigenvalue weighted by atomic mass is 10.0. The van der Waals surface area contributed by atoms with Gasteiger partial charge in [0, 0.05) is 29.9 Å². The molecule has 28 heavy (non-hydrogen) atoms. The number of hydrogen-bond acceptors (Lipinski definition) is 4. The fraction of sp³-hybridized carbons (Fsp3) is 0.150. The van der Waals surface area contributed by atoms with Gasteiger partial charge in [-0.25, -0.2) is 4.98 Å². The zero-order valence-electron chi connectivity index (χ0n) is 14.6. The van der Waals surface area contributed by atoms with Crippen molar-refractivity contribution in [2.75, 3.05) is 0 Å². The Morgan fingerprint density at radius 3 is 2.29 bits per heavy atom. The highest BCUT2D eigenvalue weighted by Gasteiger charge is 2.32. The molecule has 1 aromatic heterocycles. The Hall–Kier alpha value is -2.77. The van der Waals surface area contributed by atoms with Crippen LogP contribution in [-0.2, 0) is 13.2 Å². The fourth-order valence-corrected chi connectivity index (χ4v) is 2.50. The first-order valence-electron chi connectivity index (χ1n) is 8.16. The third-order valence-corrected chi connectivity index (χ3v) is 3.78. The first kappa shape index (κ1) is 21.5. The summed E-state index contributed by atoms with van der Waals surface area (Å²) in [4.78, 5) is 4.17. The quantitative estimate of drug-likeness (QED) is 0.613. The van der Waals surface area contributed by atoms with Crippen LogP contribution in [0.1, 0.15) is 11.1 Å². The summed E-state index contributed by atoms with van der Waals surface area (Å²) >= 11 is 0. The summed E-state index contributed by atoms with van der Waals surface area (Å²) in [5, 5.41) is 0. The van der Waals surface area contributed by atoms with Crippen molar-refractivity contribution in [3.8, 4) is 22.8 Å². The highest BCUT2D eigenvalue weighted by Crippen LogP contribution is 2.34. The molecule has 0 spiro atoms. The molecule has 2 aromatic carbocycles. The van der Waals surface area contributed by atoms with E-state index in [2.05, 4.69) is 9.72 Å². The van der Waals surface area contributed by atoms with E-state index < -0.39 is 6.36 Å². The minimum atomic E-state index is -4.79. The molecule has 0 fully saturated rings. The normalized spacial score (nSPS) is 10.9. The summed E-state index contributed by atoms with van der Waals surface area (Å²) < 4.78 is 47.7. The number of nitrogens with two attached hydrogens (primary N) is 1. The van der Waals surface area contributed by atoms with E-state index in [1.165, 1.54) is 18.3 Å². The summed E-state index contributed by atoms with van der Waals surface area (Å²) in [6.45, 7) is 0.545. The van der Waals surface area contributed by atoms with E-state index >= 15 is 0 Å². The van der Waals surface area contributed by atoms with E-state index in [0.717, 1.165) is 5.56 Å². The second kappa shape index (κ2) is 9.43. The van der Waals surface area contributed by atoms with Crippen LogP contribution >= 0.6 is 12.4 Å². The van der Waals surface area contributed by atoms with E-state index in [-0.39, 0.29) is 30.3 Å². The number of nitrogens with zero attached hydrogens (tertiary/aromatic N) is 1. The highest BCUT2D eigenvalue weighted by molar-refractivity contribution is 5.85. The van der Waals surface area contributed by atoms with Crippen molar-refractivity contribution in [3.63, 3.8) is 0 Å². The van der Waals surface area contributed by atoms with Gasteiger partial charge in [0.1, 0.15) is 12.4 Å². The second-order valence-electron chi connectivity index (χ2n) is 5.74. The number of ether oxygens (including phenoxy) is 2. The molecule has 3 aromatic rings. The predicted octanol–water partition coefficient (Wildman–Crippen LogP) is 5.11. The Kier molecular flexibility index (Phi) is 7.25. The number of pyridine rings is 1. The van der Waals surface area contributed by atoms with Crippen molar-refractivity contribution in [1.82, 2.24) is 4.98 Å². The molecule has 0 amide bonds. The van der Waals surface area contributed by atoms with Gasteiger partial charge in [0.15, 0.2) is 0 Å². The van der Waals surface area contributed by atoms with Gasteiger partial charge in [-0.3, -0.25) is 0 Å². The summed E-state index contributed by atoms with van der Waals surface area (Å²) in [6.07, 6.45) is -3.34. The van der Waals surface area contributed by atoms with Crippen LogP contribution in [0.5, 0.6) is 11.6 Å².